The molecule has 0 unspecified atom stereocenters. The molecule has 28 heavy (non-hydrogen) atoms. The van der Waals surface area contributed by atoms with E-state index in [2.05, 4.69) is 0 Å². The third kappa shape index (κ3) is 4.18. The summed E-state index contributed by atoms with van der Waals surface area (Å²) in [5, 5.41) is -0.224. The second-order valence-corrected chi connectivity index (χ2v) is 10.2. The fourth-order valence-electron chi connectivity index (χ4n) is 3.86. The van der Waals surface area contributed by atoms with Gasteiger partial charge in [0.15, 0.2) is 9.84 Å². The first-order chi connectivity index (χ1) is 13.5. The van der Waals surface area contributed by atoms with Crippen LogP contribution in [0.1, 0.15) is 62.5 Å². The Bertz CT molecular complexity index is 872. The lowest BCUT2D eigenvalue weighted by Gasteiger charge is -2.20. The maximum Gasteiger partial charge on any atom is 0.338 e. The highest BCUT2D eigenvalue weighted by Crippen LogP contribution is 2.46. The van der Waals surface area contributed by atoms with Crippen LogP contribution in [0.15, 0.2) is 29.2 Å². The first-order valence-electron chi connectivity index (χ1n) is 10.4. The molecule has 0 spiro atoms. The van der Waals surface area contributed by atoms with Crippen molar-refractivity contribution in [2.45, 2.75) is 61.5 Å². The molecule has 1 heterocycles. The van der Waals surface area contributed by atoms with Crippen LogP contribution in [0.3, 0.4) is 0 Å². The Morgan fingerprint density at radius 2 is 1.86 bits per heavy atom. The summed E-state index contributed by atoms with van der Waals surface area (Å²) in [6.07, 6.45) is 7.29. The summed E-state index contributed by atoms with van der Waals surface area (Å²) >= 11 is 0. The van der Waals surface area contributed by atoms with Gasteiger partial charge >= 0.3 is 5.97 Å². The topological polar surface area (TPSA) is 69.7 Å². The summed E-state index contributed by atoms with van der Waals surface area (Å²) in [5.74, 6) is 0.218. The number of esters is 1. The second kappa shape index (κ2) is 7.99. The Kier molecular flexibility index (Phi) is 5.61. The highest BCUT2D eigenvalue weighted by Gasteiger charge is 2.40. The van der Waals surface area contributed by atoms with Crippen LogP contribution >= 0.6 is 0 Å². The van der Waals surface area contributed by atoms with Crippen molar-refractivity contribution in [3.8, 4) is 0 Å². The minimum absolute atomic E-state index is 0.224. The van der Waals surface area contributed by atoms with Crippen LogP contribution in [0.25, 0.3) is 5.57 Å². The molecule has 0 amide bonds. The minimum atomic E-state index is -3.25. The molecule has 1 aromatic rings. The molecule has 3 fully saturated rings. The average Bonchev–Trinajstić information content (AvgIpc) is 3.58. The average molecular weight is 405 g/mol. The summed E-state index contributed by atoms with van der Waals surface area (Å²) in [7, 11) is -3.25. The molecule has 152 valence electrons. The predicted octanol–water partition coefficient (Wildman–Crippen LogP) is 3.87. The molecule has 3 aliphatic rings. The van der Waals surface area contributed by atoms with Gasteiger partial charge in [-0.05, 0) is 80.5 Å². The van der Waals surface area contributed by atoms with Gasteiger partial charge in [0.25, 0.3) is 0 Å². The maximum absolute atomic E-state index is 12.9. The zero-order valence-corrected chi connectivity index (χ0v) is 17.2. The number of hydrogen-bond acceptors (Lipinski definition) is 5. The van der Waals surface area contributed by atoms with E-state index in [0.29, 0.717) is 30.3 Å². The number of allylic oxidation sites excluding steroid dienone is 1. The van der Waals surface area contributed by atoms with Gasteiger partial charge in [0.2, 0.25) is 0 Å². The van der Waals surface area contributed by atoms with Crippen molar-refractivity contribution in [1.29, 1.82) is 0 Å². The van der Waals surface area contributed by atoms with E-state index < -0.39 is 9.84 Å². The quantitative estimate of drug-likeness (QED) is 0.510. The third-order valence-electron chi connectivity index (χ3n) is 5.77. The van der Waals surface area contributed by atoms with E-state index in [-0.39, 0.29) is 23.1 Å². The van der Waals surface area contributed by atoms with Crippen LogP contribution in [-0.4, -0.2) is 39.5 Å². The molecular formula is C22H28O5S. The number of carbonyl (C=O) groups excluding carboxylic acids is 1. The molecule has 2 aliphatic carbocycles. The number of rotatable bonds is 7. The Hall–Kier alpha value is -1.66. The molecule has 4 rings (SSSR count). The SMILES string of the molecule is CCOC(=O)/C(=C/C1CCOCC1)c1ccc(S(=O)(=O)C2CC2)c(C2CC2)c1. The Labute approximate surface area is 167 Å². The fraction of sp³-hybridized carbons (Fsp3) is 0.591. The van der Waals surface area contributed by atoms with Gasteiger partial charge in [0, 0.05) is 13.2 Å². The van der Waals surface area contributed by atoms with Gasteiger partial charge in [-0.3, -0.25) is 0 Å². The highest BCUT2D eigenvalue weighted by molar-refractivity contribution is 7.92. The number of hydrogen-bond donors (Lipinski definition) is 0. The number of ether oxygens (including phenoxy) is 2. The van der Waals surface area contributed by atoms with E-state index in [9.17, 15) is 13.2 Å². The van der Waals surface area contributed by atoms with Crippen molar-refractivity contribution in [2.75, 3.05) is 19.8 Å². The van der Waals surface area contributed by atoms with Gasteiger partial charge in [-0.2, -0.15) is 0 Å². The monoisotopic (exact) mass is 404 g/mol. The van der Waals surface area contributed by atoms with E-state index in [4.69, 9.17) is 9.47 Å². The normalized spacial score (nSPS) is 21.5. The lowest BCUT2D eigenvalue weighted by Crippen LogP contribution is -2.16. The predicted molar refractivity (Wildman–Crippen MR) is 107 cm³/mol. The lowest BCUT2D eigenvalue weighted by atomic mass is 9.93. The summed E-state index contributed by atoms with van der Waals surface area (Å²) in [5.41, 5.74) is 2.19. The molecule has 1 aliphatic heterocycles. The standard InChI is InChI=1S/C22H28O5S/c1-2-27-22(23)20(13-15-9-11-26-12-10-15)17-5-8-21(19(14-17)16-3-4-16)28(24,25)18-6-7-18/h5,8,13-16,18H,2-4,6-7,9-12H2,1H3/b20-13+. The molecule has 6 heteroatoms. The van der Waals surface area contributed by atoms with E-state index in [1.165, 1.54) is 0 Å². The molecule has 0 atom stereocenters. The molecule has 0 radical (unpaired) electrons. The van der Waals surface area contributed by atoms with Gasteiger partial charge in [-0.1, -0.05) is 12.1 Å². The summed E-state index contributed by atoms with van der Waals surface area (Å²) in [6, 6.07) is 5.42. The fourth-order valence-corrected chi connectivity index (χ4v) is 5.78. The largest absolute Gasteiger partial charge is 0.462 e. The molecule has 2 saturated carbocycles. The van der Waals surface area contributed by atoms with Crippen LogP contribution in [0.5, 0.6) is 0 Å². The number of carbonyl (C=O) groups is 1. The minimum Gasteiger partial charge on any atom is -0.462 e. The summed E-state index contributed by atoms with van der Waals surface area (Å²) < 4.78 is 36.5. The molecular weight excluding hydrogens is 376 g/mol. The number of benzene rings is 1. The smallest absolute Gasteiger partial charge is 0.338 e. The molecule has 0 bridgehead atoms. The van der Waals surface area contributed by atoms with Crippen LogP contribution in [0.4, 0.5) is 0 Å². The van der Waals surface area contributed by atoms with Gasteiger partial charge in [0.1, 0.15) is 0 Å². The molecule has 0 N–H and O–H groups in total. The lowest BCUT2D eigenvalue weighted by molar-refractivity contribution is -0.136. The van der Waals surface area contributed by atoms with Crippen molar-refractivity contribution < 1.29 is 22.7 Å². The number of sulfone groups is 1. The molecule has 1 saturated heterocycles. The Morgan fingerprint density at radius 3 is 2.46 bits per heavy atom. The Morgan fingerprint density at radius 1 is 1.14 bits per heavy atom. The second-order valence-electron chi connectivity index (χ2n) is 8.02. The molecule has 5 nitrogen and oxygen atoms in total. The van der Waals surface area contributed by atoms with Gasteiger partial charge in [-0.15, -0.1) is 0 Å². The zero-order valence-electron chi connectivity index (χ0n) is 16.4. The van der Waals surface area contributed by atoms with Crippen molar-refractivity contribution in [2.24, 2.45) is 5.92 Å². The van der Waals surface area contributed by atoms with Gasteiger partial charge in [0.05, 0.1) is 22.3 Å². The van der Waals surface area contributed by atoms with E-state index in [1.807, 2.05) is 12.1 Å². The van der Waals surface area contributed by atoms with Crippen molar-refractivity contribution in [1.82, 2.24) is 0 Å². The van der Waals surface area contributed by atoms with Crippen LogP contribution in [0, 0.1) is 5.92 Å². The molecule has 0 aromatic heterocycles. The Balaban J connectivity index is 1.72. The summed E-state index contributed by atoms with van der Waals surface area (Å²) in [6.45, 7) is 3.50. The third-order valence-corrected chi connectivity index (χ3v) is 8.11. The first-order valence-corrected chi connectivity index (χ1v) is 11.9. The van der Waals surface area contributed by atoms with E-state index >= 15 is 0 Å². The van der Waals surface area contributed by atoms with E-state index in [1.54, 1.807) is 19.1 Å². The van der Waals surface area contributed by atoms with Crippen molar-refractivity contribution in [3.63, 3.8) is 0 Å². The zero-order chi connectivity index (χ0) is 19.7. The van der Waals surface area contributed by atoms with E-state index in [0.717, 1.165) is 49.7 Å². The molecule has 1 aromatic carbocycles. The maximum atomic E-state index is 12.9. The highest BCUT2D eigenvalue weighted by atomic mass is 32.2. The summed E-state index contributed by atoms with van der Waals surface area (Å²) in [4.78, 5) is 13.1. The van der Waals surface area contributed by atoms with Crippen LogP contribution in [0.2, 0.25) is 0 Å². The first kappa shape index (κ1) is 19.6. The van der Waals surface area contributed by atoms with Crippen LogP contribution in [-0.2, 0) is 24.1 Å². The van der Waals surface area contributed by atoms with Crippen molar-refractivity contribution >= 4 is 21.4 Å². The van der Waals surface area contributed by atoms with Crippen LogP contribution < -0.4 is 0 Å². The van der Waals surface area contributed by atoms with Crippen molar-refractivity contribution in [3.05, 3.63) is 35.4 Å². The van der Waals surface area contributed by atoms with Gasteiger partial charge < -0.3 is 9.47 Å². The van der Waals surface area contributed by atoms with Gasteiger partial charge in [-0.25, -0.2) is 13.2 Å².